The largest absolute Gasteiger partial charge is 0.396 e. The van der Waals surface area contributed by atoms with Crippen molar-refractivity contribution in [3.05, 3.63) is 11.9 Å². The lowest BCUT2D eigenvalue weighted by Gasteiger charge is -1.95. The molecule has 0 bridgehead atoms. The molecule has 0 atom stereocenters. The smallest absolute Gasteiger partial charge is 0.0849 e. The molecule has 0 saturated heterocycles. The fourth-order valence-electron chi connectivity index (χ4n) is 0.997. The van der Waals surface area contributed by atoms with Crippen LogP contribution in [0.2, 0.25) is 0 Å². The van der Waals surface area contributed by atoms with Crippen LogP contribution in [-0.4, -0.2) is 26.7 Å². The maximum Gasteiger partial charge on any atom is 0.0849 e. The van der Waals surface area contributed by atoms with Crippen LogP contribution in [0.4, 0.5) is 0 Å². The van der Waals surface area contributed by atoms with Gasteiger partial charge >= 0.3 is 0 Å². The molecule has 0 radical (unpaired) electrons. The van der Waals surface area contributed by atoms with Gasteiger partial charge in [0.15, 0.2) is 0 Å². The second-order valence-electron chi connectivity index (χ2n) is 4.51. The van der Waals surface area contributed by atoms with Crippen LogP contribution in [0.1, 0.15) is 72.4 Å². The normalized spacial score (nSPS) is 9.16. The van der Waals surface area contributed by atoms with Crippen molar-refractivity contribution in [1.29, 1.82) is 0 Å². The van der Waals surface area contributed by atoms with Gasteiger partial charge in [0.2, 0.25) is 0 Å². The molecule has 0 unspecified atom stereocenters. The molecule has 0 aliphatic rings. The van der Waals surface area contributed by atoms with Crippen LogP contribution in [0.15, 0.2) is 6.20 Å². The van der Waals surface area contributed by atoms with Crippen molar-refractivity contribution in [3.63, 3.8) is 0 Å². The predicted octanol–water partition coefficient (Wildman–Crippen LogP) is 3.84. The highest BCUT2D eigenvalue weighted by atomic mass is 16.3. The van der Waals surface area contributed by atoms with Crippen molar-refractivity contribution < 1.29 is 5.11 Å². The summed E-state index contributed by atoms with van der Waals surface area (Å²) in [6.45, 7) is 11.8. The third kappa shape index (κ3) is 15.0. The number of unbranched alkanes of at least 4 members (excludes halogenated alkanes) is 2. The van der Waals surface area contributed by atoms with Gasteiger partial charge in [0.1, 0.15) is 0 Å². The van der Waals surface area contributed by atoms with Crippen LogP contribution >= 0.6 is 0 Å². The monoisotopic (exact) mass is 271 g/mol. The molecule has 0 aromatic carbocycles. The van der Waals surface area contributed by atoms with E-state index in [1.807, 2.05) is 10.9 Å². The first-order valence-corrected chi connectivity index (χ1v) is 7.69. The zero-order chi connectivity index (χ0) is 14.9. The number of hydrogen-bond donors (Lipinski definition) is 1. The maximum atomic E-state index is 8.63. The van der Waals surface area contributed by atoms with Crippen molar-refractivity contribution in [2.24, 2.45) is 0 Å². The van der Waals surface area contributed by atoms with Gasteiger partial charge in [-0.25, -0.2) is 0 Å². The molecule has 1 aromatic rings. The zero-order valence-corrected chi connectivity index (χ0v) is 13.5. The van der Waals surface area contributed by atoms with Crippen LogP contribution in [0, 0.1) is 0 Å². The molecule has 1 aromatic heterocycles. The van der Waals surface area contributed by atoms with Crippen molar-refractivity contribution in [1.82, 2.24) is 15.0 Å². The van der Waals surface area contributed by atoms with Gasteiger partial charge in [-0.15, -0.1) is 5.10 Å². The molecule has 114 valence electrons. The number of aryl methyl sites for hydroxylation is 1. The van der Waals surface area contributed by atoms with E-state index in [4.69, 9.17) is 5.11 Å². The molecule has 0 fully saturated rings. The number of hydrogen-bond acceptors (Lipinski definition) is 3. The van der Waals surface area contributed by atoms with Gasteiger partial charge in [-0.1, -0.05) is 65.5 Å². The van der Waals surface area contributed by atoms with E-state index in [-0.39, 0.29) is 6.61 Å². The van der Waals surface area contributed by atoms with Gasteiger partial charge in [0.05, 0.1) is 5.69 Å². The Morgan fingerprint density at radius 3 is 2.05 bits per heavy atom. The van der Waals surface area contributed by atoms with Gasteiger partial charge in [0.25, 0.3) is 0 Å². The van der Waals surface area contributed by atoms with Crippen LogP contribution in [0.5, 0.6) is 0 Å². The van der Waals surface area contributed by atoms with Gasteiger partial charge in [-0.05, 0) is 6.42 Å². The lowest BCUT2D eigenvalue weighted by molar-refractivity contribution is 0.298. The Morgan fingerprint density at radius 2 is 1.63 bits per heavy atom. The number of nitrogens with zero attached hydrogens (tertiary/aromatic N) is 3. The van der Waals surface area contributed by atoms with Crippen molar-refractivity contribution >= 4 is 0 Å². The summed E-state index contributed by atoms with van der Waals surface area (Å²) in [7, 11) is 0. The van der Waals surface area contributed by atoms with Crippen molar-refractivity contribution in [3.8, 4) is 0 Å². The Morgan fingerprint density at radius 1 is 1.05 bits per heavy atom. The highest BCUT2D eigenvalue weighted by Gasteiger charge is 1.98. The molecular weight excluding hydrogens is 238 g/mol. The Kier molecular flexibility index (Phi) is 18.4. The topological polar surface area (TPSA) is 50.9 Å². The molecule has 19 heavy (non-hydrogen) atoms. The van der Waals surface area contributed by atoms with E-state index in [0.29, 0.717) is 6.42 Å². The molecular formula is C15H33N3O. The summed E-state index contributed by atoms with van der Waals surface area (Å²) in [6.07, 6.45) is 8.68. The Labute approximate surface area is 119 Å². The Bertz CT molecular complexity index is 260. The van der Waals surface area contributed by atoms with E-state index in [0.717, 1.165) is 25.1 Å². The summed E-state index contributed by atoms with van der Waals surface area (Å²) in [5.41, 5.74) is 0.869. The molecule has 0 spiro atoms. The first kappa shape index (κ1) is 20.4. The zero-order valence-electron chi connectivity index (χ0n) is 13.5. The minimum atomic E-state index is 0.145. The lowest BCUT2D eigenvalue weighted by Crippen LogP contribution is -1.97. The Balaban J connectivity index is 0. The molecule has 1 N–H and O–H groups in total. The minimum absolute atomic E-state index is 0.145. The molecule has 1 rings (SSSR count). The number of aliphatic hydroxyl groups excluding tert-OH is 1. The molecule has 0 saturated carbocycles. The molecule has 0 amide bonds. The summed E-state index contributed by atoms with van der Waals surface area (Å²) in [5, 5.41) is 16.5. The van der Waals surface area contributed by atoms with Crippen LogP contribution in [-0.2, 0) is 13.0 Å². The molecule has 0 aliphatic heterocycles. The van der Waals surface area contributed by atoms with Crippen LogP contribution < -0.4 is 0 Å². The predicted molar refractivity (Wildman–Crippen MR) is 82.3 cm³/mol. The second kappa shape index (κ2) is 17.1. The second-order valence-corrected chi connectivity index (χ2v) is 4.51. The average molecular weight is 271 g/mol. The standard InChI is InChI=1S/C8H15N3O.C4H10.C3H8/c1-2-3-5-11-7-8(4-6-12)9-10-11;1-3-4-2;1-3-2/h7,12H,2-6H2,1H3;3-4H2,1-2H3;3H2,1-2H3. The summed E-state index contributed by atoms with van der Waals surface area (Å²) in [5.74, 6) is 0. The number of rotatable bonds is 6. The third-order valence-corrected chi connectivity index (χ3v) is 2.19. The van der Waals surface area contributed by atoms with E-state index < -0.39 is 0 Å². The van der Waals surface area contributed by atoms with E-state index >= 15 is 0 Å². The van der Waals surface area contributed by atoms with Crippen molar-refractivity contribution in [2.75, 3.05) is 6.61 Å². The minimum Gasteiger partial charge on any atom is -0.396 e. The van der Waals surface area contributed by atoms with E-state index in [9.17, 15) is 0 Å². The fourth-order valence-corrected chi connectivity index (χ4v) is 0.997. The van der Waals surface area contributed by atoms with E-state index in [1.165, 1.54) is 19.3 Å². The summed E-state index contributed by atoms with van der Waals surface area (Å²) in [4.78, 5) is 0. The fraction of sp³-hybridized carbons (Fsp3) is 0.867. The average Bonchev–Trinajstić information content (AvgIpc) is 2.86. The van der Waals surface area contributed by atoms with Gasteiger partial charge in [0, 0.05) is 25.8 Å². The highest BCUT2D eigenvalue weighted by molar-refractivity contribution is 4.91. The quantitative estimate of drug-likeness (QED) is 0.855. The lowest BCUT2D eigenvalue weighted by atomic mass is 10.3. The molecule has 4 nitrogen and oxygen atoms in total. The van der Waals surface area contributed by atoms with Crippen molar-refractivity contribution in [2.45, 2.75) is 79.7 Å². The van der Waals surface area contributed by atoms with Gasteiger partial charge in [-0.3, -0.25) is 4.68 Å². The number of aliphatic hydroxyl groups is 1. The first-order valence-electron chi connectivity index (χ1n) is 7.69. The van der Waals surface area contributed by atoms with E-state index in [1.54, 1.807) is 0 Å². The highest BCUT2D eigenvalue weighted by Crippen LogP contribution is 1.96. The Hall–Kier alpha value is -0.900. The van der Waals surface area contributed by atoms with E-state index in [2.05, 4.69) is 44.9 Å². The van der Waals surface area contributed by atoms with Crippen LogP contribution in [0.25, 0.3) is 0 Å². The summed E-state index contributed by atoms with van der Waals surface area (Å²) >= 11 is 0. The molecule has 0 aliphatic carbocycles. The number of aromatic nitrogens is 3. The first-order chi connectivity index (χ1) is 9.19. The maximum absolute atomic E-state index is 8.63. The molecule has 1 heterocycles. The summed E-state index contributed by atoms with van der Waals surface area (Å²) < 4.78 is 1.83. The third-order valence-electron chi connectivity index (χ3n) is 2.19. The van der Waals surface area contributed by atoms with Gasteiger partial charge in [-0.2, -0.15) is 0 Å². The summed E-state index contributed by atoms with van der Waals surface area (Å²) in [6, 6.07) is 0. The SMILES string of the molecule is CCC.CCCC.CCCCn1cc(CCO)nn1. The van der Waals surface area contributed by atoms with Crippen LogP contribution in [0.3, 0.4) is 0 Å². The molecule has 4 heteroatoms. The van der Waals surface area contributed by atoms with Gasteiger partial charge < -0.3 is 5.11 Å².